The lowest BCUT2D eigenvalue weighted by Gasteiger charge is -2.39. The third-order valence-corrected chi connectivity index (χ3v) is 15.3. The van der Waals surface area contributed by atoms with Crippen molar-refractivity contribution in [3.63, 3.8) is 0 Å². The molecule has 2 aliphatic heterocycles. The molecule has 9 rings (SSSR count). The van der Waals surface area contributed by atoms with E-state index >= 15 is 0 Å². The minimum absolute atomic E-state index is 0.0249. The zero-order valence-electron chi connectivity index (χ0n) is 37.5. The molecule has 3 aromatic carbocycles. The highest BCUT2D eigenvalue weighted by molar-refractivity contribution is 7.90. The average Bonchev–Trinajstić information content (AvgIpc) is 3.77. The molecule has 0 radical (unpaired) electrons. The number of nitro benzene ring substituents is 1. The largest absolute Gasteiger partial charge is 0.489 e. The van der Waals surface area contributed by atoms with Gasteiger partial charge in [0.2, 0.25) is 0 Å². The predicted octanol–water partition coefficient (Wildman–Crippen LogP) is 8.04. The Balaban J connectivity index is 0.934. The number of amides is 1. The molecule has 5 heterocycles. The summed E-state index contributed by atoms with van der Waals surface area (Å²) in [5, 5.41) is 16.9. The van der Waals surface area contributed by atoms with Crippen LogP contribution >= 0.6 is 11.6 Å². The molecule has 0 saturated carbocycles. The number of aromatic nitrogens is 3. The number of halogens is 1. The molecule has 0 bridgehead atoms. The number of benzene rings is 3. The van der Waals surface area contributed by atoms with Crippen LogP contribution in [-0.4, -0.2) is 99.1 Å². The fraction of sp³-hybridized carbons (Fsp3) is 0.312. The van der Waals surface area contributed by atoms with Gasteiger partial charge in [-0.3, -0.25) is 24.8 Å². The van der Waals surface area contributed by atoms with Crippen molar-refractivity contribution < 1.29 is 36.0 Å². The predicted molar refractivity (Wildman–Crippen MR) is 259 cm³/mol. The lowest BCUT2D eigenvalue weighted by atomic mass is 9.72. The van der Waals surface area contributed by atoms with Crippen LogP contribution in [0.4, 0.5) is 17.1 Å². The van der Waals surface area contributed by atoms with Gasteiger partial charge in [0.25, 0.3) is 21.6 Å². The number of carbonyl (C=O) groups excluding carboxylic acids is 1. The Hall–Kier alpha value is -6.54. The molecule has 1 saturated heterocycles. The third-order valence-electron chi connectivity index (χ3n) is 12.6. The van der Waals surface area contributed by atoms with Crippen molar-refractivity contribution in [2.24, 2.45) is 5.41 Å². The van der Waals surface area contributed by atoms with Gasteiger partial charge in [-0.05, 0) is 84.3 Å². The summed E-state index contributed by atoms with van der Waals surface area (Å²) in [6.45, 7) is 8.43. The van der Waals surface area contributed by atoms with Crippen LogP contribution in [0.25, 0.3) is 16.6 Å². The van der Waals surface area contributed by atoms with Crippen LogP contribution in [0.1, 0.15) is 54.7 Å². The monoisotopic (exact) mass is 980 g/mol. The topological polar surface area (TPSA) is 219 Å². The van der Waals surface area contributed by atoms with E-state index in [0.717, 1.165) is 68.4 Å². The van der Waals surface area contributed by atoms with Crippen molar-refractivity contribution in [2.75, 3.05) is 55.8 Å². The van der Waals surface area contributed by atoms with E-state index < -0.39 is 47.3 Å². The first kappa shape index (κ1) is 46.6. The van der Waals surface area contributed by atoms with Gasteiger partial charge in [0.05, 0.1) is 32.5 Å². The minimum atomic E-state index is -4.73. The van der Waals surface area contributed by atoms with Gasteiger partial charge in [0.1, 0.15) is 23.8 Å². The van der Waals surface area contributed by atoms with E-state index in [4.69, 9.17) is 21.1 Å². The maximum absolute atomic E-state index is 14.1. The summed E-state index contributed by atoms with van der Waals surface area (Å²) in [6.07, 6.45) is 8.89. The normalized spacial score (nSPS) is 17.5. The summed E-state index contributed by atoms with van der Waals surface area (Å²) < 4.78 is 65.9. The highest BCUT2D eigenvalue weighted by Crippen LogP contribution is 2.44. The van der Waals surface area contributed by atoms with Gasteiger partial charge >= 0.3 is 0 Å². The molecule has 1 aliphatic carbocycles. The Morgan fingerprint density at radius 3 is 2.47 bits per heavy atom. The molecule has 1 fully saturated rings. The number of piperazine rings is 1. The Morgan fingerprint density at radius 2 is 1.75 bits per heavy atom. The molecule has 68 heavy (non-hydrogen) atoms. The quantitative estimate of drug-likeness (QED) is 0.0737. The number of nitro groups is 1. The van der Waals surface area contributed by atoms with Gasteiger partial charge in [-0.2, -0.15) is 0 Å². The first-order valence-corrected chi connectivity index (χ1v) is 25.8. The van der Waals surface area contributed by atoms with E-state index in [-0.39, 0.29) is 46.1 Å². The molecular weight excluding hydrogens is 932 g/mol. The summed E-state index contributed by atoms with van der Waals surface area (Å²) in [5.74, 6) is -0.744. The zero-order chi connectivity index (χ0) is 48.0. The summed E-state index contributed by atoms with van der Waals surface area (Å²) in [5.41, 5.74) is 5.41. The van der Waals surface area contributed by atoms with Crippen LogP contribution in [0.2, 0.25) is 5.02 Å². The van der Waals surface area contributed by atoms with Crippen LogP contribution in [0.15, 0.2) is 113 Å². The molecular formula is C48H49ClN8O9S2. The fourth-order valence-electron chi connectivity index (χ4n) is 8.90. The van der Waals surface area contributed by atoms with E-state index in [2.05, 4.69) is 60.8 Å². The van der Waals surface area contributed by atoms with Crippen molar-refractivity contribution in [3.05, 3.63) is 135 Å². The lowest BCUT2D eigenvalue weighted by molar-refractivity contribution is -0.384. The second-order valence-electron chi connectivity index (χ2n) is 18.2. The second-order valence-corrected chi connectivity index (χ2v) is 22.3. The van der Waals surface area contributed by atoms with Crippen LogP contribution in [0.5, 0.6) is 17.2 Å². The molecule has 6 aromatic rings. The average molecular weight is 982 g/mol. The number of allylic oxidation sites excluding steroid dienone is 1. The maximum atomic E-state index is 14.1. The van der Waals surface area contributed by atoms with Crippen LogP contribution < -0.4 is 24.4 Å². The lowest BCUT2D eigenvalue weighted by Crippen LogP contribution is -2.47. The van der Waals surface area contributed by atoms with Crippen LogP contribution in [0.3, 0.4) is 0 Å². The number of nitrogens with zero attached hydrogens (tertiary/aromatic N) is 5. The summed E-state index contributed by atoms with van der Waals surface area (Å²) in [7, 11) is -8.19. The van der Waals surface area contributed by atoms with Crippen molar-refractivity contribution in [1.29, 1.82) is 0 Å². The number of hydrogen-bond acceptors (Lipinski definition) is 14. The molecule has 1 atom stereocenters. The van der Waals surface area contributed by atoms with Gasteiger partial charge < -0.3 is 24.7 Å². The highest BCUT2D eigenvalue weighted by atomic mass is 35.5. The number of aromatic amines is 1. The summed E-state index contributed by atoms with van der Waals surface area (Å²) in [6, 6.07) is 21.0. The van der Waals surface area contributed by atoms with Crippen LogP contribution in [-0.2, 0) is 26.3 Å². The van der Waals surface area contributed by atoms with Gasteiger partial charge in [-0.1, -0.05) is 43.2 Å². The fourth-order valence-corrected chi connectivity index (χ4v) is 10.6. The summed E-state index contributed by atoms with van der Waals surface area (Å²) >= 11 is 6.25. The molecule has 354 valence electrons. The number of H-pyrrole nitrogens is 1. The van der Waals surface area contributed by atoms with E-state index in [0.29, 0.717) is 35.2 Å². The van der Waals surface area contributed by atoms with Gasteiger partial charge in [0.15, 0.2) is 21.3 Å². The molecule has 3 N–H and O–H groups in total. The Kier molecular flexibility index (Phi) is 12.7. The number of sulfonamides is 1. The van der Waals surface area contributed by atoms with Gasteiger partial charge in [0, 0.05) is 97.8 Å². The van der Waals surface area contributed by atoms with Crippen molar-refractivity contribution in [1.82, 2.24) is 24.6 Å². The Bertz CT molecular complexity index is 3190. The number of hydrogen-bond donors (Lipinski definition) is 3. The van der Waals surface area contributed by atoms with Crippen LogP contribution in [0, 0.1) is 15.5 Å². The first-order valence-electron chi connectivity index (χ1n) is 22.0. The first-order chi connectivity index (χ1) is 32.4. The van der Waals surface area contributed by atoms with Gasteiger partial charge in [-0.15, -0.1) is 0 Å². The van der Waals surface area contributed by atoms with E-state index in [1.165, 1.54) is 41.2 Å². The molecule has 17 nitrogen and oxygen atoms in total. The van der Waals surface area contributed by atoms with Crippen molar-refractivity contribution >= 4 is 71.0 Å². The number of sulfone groups is 1. The number of anilines is 2. The van der Waals surface area contributed by atoms with E-state index in [1.807, 2.05) is 18.2 Å². The smallest absolute Gasteiger partial charge is 0.297 e. The van der Waals surface area contributed by atoms with Crippen molar-refractivity contribution in [3.8, 4) is 17.2 Å². The second kappa shape index (κ2) is 18.5. The van der Waals surface area contributed by atoms with Gasteiger partial charge in [-0.25, -0.2) is 26.5 Å². The molecule has 1 amide bonds. The Morgan fingerprint density at radius 1 is 0.971 bits per heavy atom. The number of rotatable bonds is 13. The molecule has 3 aromatic heterocycles. The summed E-state index contributed by atoms with van der Waals surface area (Å²) in [4.78, 5) is 41.5. The number of pyridine rings is 2. The third kappa shape index (κ3) is 10.3. The van der Waals surface area contributed by atoms with Crippen molar-refractivity contribution in [2.45, 2.75) is 55.4 Å². The number of nitrogens with one attached hydrogen (secondary N) is 3. The molecule has 0 unspecified atom stereocenters. The number of ether oxygens (including phenoxy) is 2. The zero-order valence-corrected chi connectivity index (χ0v) is 39.9. The molecule has 3 aliphatic rings. The molecule has 20 heteroatoms. The van der Waals surface area contributed by atoms with E-state index in [1.54, 1.807) is 30.5 Å². The van der Waals surface area contributed by atoms with E-state index in [9.17, 15) is 31.7 Å². The Labute approximate surface area is 398 Å². The standard InChI is InChI=1S/C48H49ClN8O9S2/c1-48(2)14-12-32(41(25-48)30-4-6-33(49)7-5-30)28-55-16-18-56(19-17-55)36-9-11-40(43(22-36)66-37-20-31-13-15-50-46(31)52-26-37)47(58)54-68(63,64)39-23-42(57(59)60)45-44(24-39)65-29-35(53-45)21-34-8-10-38(27-51-34)67(3,61)62/h4-11,13,15,20,22-24,26-27,35,53H,12,14,16-19,21,25,28-29H2,1-3H3,(H,50,52)(H,54,58)/t35-/m0/s1. The maximum Gasteiger partial charge on any atom is 0.297 e. The number of fused-ring (bicyclic) bond motifs is 2. The SMILES string of the molecule is CC1(C)CCC(CN2CCN(c3ccc(C(=O)NS(=O)(=O)c4cc5c(c([N+](=O)[O-])c4)N[C@@H](Cc4ccc(S(C)(=O)=O)cn4)CO5)c(Oc4cnc5[nH]ccc5c4)c3)CC2)=C(c2ccc(Cl)cc2)C1. The number of carbonyl (C=O) groups is 1. The highest BCUT2D eigenvalue weighted by Gasteiger charge is 2.33. The minimum Gasteiger partial charge on any atom is -0.489 e. The molecule has 0 spiro atoms.